The smallest absolute Gasteiger partial charge is 0.417 e. The molecule has 0 spiro atoms. The third-order valence-corrected chi connectivity index (χ3v) is 4.93. The van der Waals surface area contributed by atoms with Crippen LogP contribution in [0.25, 0.3) is 10.9 Å². The Kier molecular flexibility index (Phi) is 8.01. The molecular weight excluding hydrogens is 519 g/mol. The molecule has 2 N–H and O–H groups in total. The Morgan fingerprint density at radius 1 is 1.08 bits per heavy atom. The highest BCUT2D eigenvalue weighted by molar-refractivity contribution is 7.85. The molecule has 15 heteroatoms. The van der Waals surface area contributed by atoms with E-state index >= 15 is 0 Å². The van der Waals surface area contributed by atoms with Crippen LogP contribution in [0, 0.1) is 5.82 Å². The van der Waals surface area contributed by atoms with Crippen LogP contribution in [0.3, 0.4) is 0 Å². The molecule has 0 radical (unpaired) electrons. The van der Waals surface area contributed by atoms with Crippen molar-refractivity contribution in [2.45, 2.75) is 12.4 Å². The van der Waals surface area contributed by atoms with Crippen molar-refractivity contribution in [3.63, 3.8) is 0 Å². The van der Waals surface area contributed by atoms with Crippen molar-refractivity contribution in [3.05, 3.63) is 48.0 Å². The number of ether oxygens (including phenoxy) is 1. The molecule has 3 rings (SSSR count). The monoisotopic (exact) mass is 537 g/mol. The molecule has 0 saturated carbocycles. The summed E-state index contributed by atoms with van der Waals surface area (Å²) in [6.45, 7) is -2.50. The predicted octanol–water partition coefficient (Wildman–Crippen LogP) is 5.28. The third-order valence-electron chi connectivity index (χ3n) is 4.36. The van der Waals surface area contributed by atoms with E-state index in [0.29, 0.717) is 0 Å². The van der Waals surface area contributed by atoms with Gasteiger partial charge in [-0.1, -0.05) is 0 Å². The Balaban J connectivity index is 1.98. The first kappa shape index (κ1) is 27.1. The molecule has 0 saturated heterocycles. The quantitative estimate of drug-likeness (QED) is 0.401. The molecule has 2 aromatic carbocycles. The fourth-order valence-electron chi connectivity index (χ4n) is 3.00. The molecular formula is C21H18F7N5O2S. The molecule has 0 bridgehead atoms. The summed E-state index contributed by atoms with van der Waals surface area (Å²) in [4.78, 5) is 19.4. The molecule has 0 aliphatic rings. The van der Waals surface area contributed by atoms with E-state index in [4.69, 9.17) is 4.74 Å². The minimum absolute atomic E-state index is 0.0670. The highest BCUT2D eigenvalue weighted by Crippen LogP contribution is 2.41. The summed E-state index contributed by atoms with van der Waals surface area (Å²) in [6.07, 6.45) is -4.98. The maximum Gasteiger partial charge on any atom is 0.417 e. The van der Waals surface area contributed by atoms with Crippen LogP contribution in [0.2, 0.25) is 0 Å². The zero-order chi connectivity index (χ0) is 26.7. The van der Waals surface area contributed by atoms with Gasteiger partial charge < -0.3 is 15.4 Å². The Morgan fingerprint density at radius 2 is 1.81 bits per heavy atom. The fourth-order valence-corrected chi connectivity index (χ4v) is 3.52. The standard InChI is InChI=1S/C21H18F7N5O2S/c1-36(2)33-12-6-13(21(26,27)28)18-15(7-12)30-10-31-19(18)32-14-4-3-11(22)5-16(14)35-8-17(34)29-9-20(23,24)25/h3-7,10H,8-9H2,1-2H3,(H,29,34)(H,30,31,32). The largest absolute Gasteiger partial charge is 0.481 e. The number of halogens is 7. The van der Waals surface area contributed by atoms with Crippen molar-refractivity contribution in [1.29, 1.82) is 0 Å². The number of hydrogen-bond donors (Lipinski definition) is 2. The number of hydrogen-bond acceptors (Lipinski definition) is 6. The van der Waals surface area contributed by atoms with Gasteiger partial charge in [0, 0.05) is 6.07 Å². The second-order valence-electron chi connectivity index (χ2n) is 7.42. The van der Waals surface area contributed by atoms with E-state index in [2.05, 4.69) is 19.6 Å². The number of aromatic nitrogens is 2. The summed E-state index contributed by atoms with van der Waals surface area (Å²) in [5.74, 6) is -2.61. The van der Waals surface area contributed by atoms with Crippen molar-refractivity contribution in [2.24, 2.45) is 4.36 Å². The average molecular weight is 537 g/mol. The molecule has 1 aromatic heterocycles. The maximum absolute atomic E-state index is 13.9. The number of carbonyl (C=O) groups excluding carboxylic acids is 1. The van der Waals surface area contributed by atoms with Gasteiger partial charge in [0.1, 0.15) is 30.3 Å². The lowest BCUT2D eigenvalue weighted by Crippen LogP contribution is -2.36. The number of fused-ring (bicyclic) bond motifs is 1. The molecule has 7 nitrogen and oxygen atoms in total. The summed E-state index contributed by atoms with van der Waals surface area (Å²) in [5.41, 5.74) is -1.15. The fraction of sp³-hybridized carbons (Fsp3) is 0.286. The van der Waals surface area contributed by atoms with Crippen LogP contribution in [-0.2, 0) is 21.7 Å². The summed E-state index contributed by atoms with van der Waals surface area (Å²) in [6, 6.07) is 5.11. The van der Waals surface area contributed by atoms with Crippen molar-refractivity contribution in [1.82, 2.24) is 15.3 Å². The number of nitrogens with one attached hydrogen (secondary N) is 2. The lowest BCUT2D eigenvalue weighted by Gasteiger charge is -2.17. The first-order valence-corrected chi connectivity index (χ1v) is 11.9. The van der Waals surface area contributed by atoms with Crippen LogP contribution in [0.15, 0.2) is 41.0 Å². The third kappa shape index (κ3) is 7.26. The molecule has 0 aliphatic carbocycles. The summed E-state index contributed by atoms with van der Waals surface area (Å²) >= 11 is 0. The summed E-state index contributed by atoms with van der Waals surface area (Å²) < 4.78 is 102. The summed E-state index contributed by atoms with van der Waals surface area (Å²) in [7, 11) is -0.548. The van der Waals surface area contributed by atoms with E-state index in [0.717, 1.165) is 30.6 Å². The molecule has 3 aromatic rings. The van der Waals surface area contributed by atoms with Crippen molar-refractivity contribution in [2.75, 3.05) is 31.0 Å². The number of alkyl halides is 6. The summed E-state index contributed by atoms with van der Waals surface area (Å²) in [5, 5.41) is 3.80. The number of benzene rings is 2. The first-order valence-electron chi connectivity index (χ1n) is 9.91. The number of rotatable bonds is 7. The van der Waals surface area contributed by atoms with E-state index in [1.165, 1.54) is 6.07 Å². The Bertz CT molecular complexity index is 1310. The van der Waals surface area contributed by atoms with Crippen LogP contribution in [0.4, 0.5) is 47.9 Å². The highest BCUT2D eigenvalue weighted by atomic mass is 32.2. The average Bonchev–Trinajstić information content (AvgIpc) is 2.75. The van der Waals surface area contributed by atoms with E-state index in [1.54, 1.807) is 17.8 Å². The van der Waals surface area contributed by atoms with E-state index in [9.17, 15) is 35.5 Å². The van der Waals surface area contributed by atoms with Gasteiger partial charge in [-0.2, -0.15) is 26.3 Å². The molecule has 0 fully saturated rings. The van der Waals surface area contributed by atoms with Crippen LogP contribution < -0.4 is 15.4 Å². The second kappa shape index (κ2) is 10.6. The van der Waals surface area contributed by atoms with E-state index in [-0.39, 0.29) is 28.5 Å². The lowest BCUT2D eigenvalue weighted by molar-refractivity contribution is -0.139. The molecule has 36 heavy (non-hydrogen) atoms. The predicted molar refractivity (Wildman–Crippen MR) is 120 cm³/mol. The van der Waals surface area contributed by atoms with Gasteiger partial charge >= 0.3 is 12.4 Å². The number of nitrogens with zero attached hydrogens (tertiary/aromatic N) is 3. The van der Waals surface area contributed by atoms with Crippen LogP contribution in [0.1, 0.15) is 5.56 Å². The minimum atomic E-state index is -4.80. The van der Waals surface area contributed by atoms with Gasteiger partial charge in [0.05, 0.1) is 27.8 Å². The van der Waals surface area contributed by atoms with Gasteiger partial charge in [-0.05, 0) is 36.8 Å². The highest BCUT2D eigenvalue weighted by Gasteiger charge is 2.35. The van der Waals surface area contributed by atoms with Crippen LogP contribution in [0.5, 0.6) is 5.75 Å². The lowest BCUT2D eigenvalue weighted by atomic mass is 10.1. The van der Waals surface area contributed by atoms with E-state index < -0.39 is 58.9 Å². The van der Waals surface area contributed by atoms with Gasteiger partial charge in [-0.25, -0.2) is 18.7 Å². The van der Waals surface area contributed by atoms with Crippen LogP contribution in [-0.4, -0.2) is 47.7 Å². The topological polar surface area (TPSA) is 88.5 Å². The Morgan fingerprint density at radius 3 is 2.44 bits per heavy atom. The molecule has 194 valence electrons. The zero-order valence-electron chi connectivity index (χ0n) is 18.6. The normalized spacial score (nSPS) is 12.1. The Labute approximate surface area is 202 Å². The molecule has 1 amide bonds. The number of amides is 1. The molecule has 1 heterocycles. The van der Waals surface area contributed by atoms with Gasteiger partial charge in [-0.15, -0.1) is 10.7 Å². The van der Waals surface area contributed by atoms with Crippen molar-refractivity contribution < 1.29 is 40.3 Å². The van der Waals surface area contributed by atoms with Gasteiger partial charge in [0.2, 0.25) is 0 Å². The van der Waals surface area contributed by atoms with Gasteiger partial charge in [-0.3, -0.25) is 4.79 Å². The molecule has 0 aliphatic heterocycles. The number of anilines is 2. The van der Waals surface area contributed by atoms with Crippen LogP contribution >= 0.6 is 0 Å². The second-order valence-corrected chi connectivity index (χ2v) is 9.15. The first-order chi connectivity index (χ1) is 16.7. The SMILES string of the molecule is CS(C)=Nc1cc(C(F)(F)F)c2c(Nc3ccc(F)cc3OCC(=O)NCC(F)(F)F)ncnc2c1. The molecule has 0 atom stereocenters. The van der Waals surface area contributed by atoms with Gasteiger partial charge in [0.15, 0.2) is 6.61 Å². The maximum atomic E-state index is 13.9. The number of carbonyl (C=O) groups is 1. The minimum Gasteiger partial charge on any atom is -0.481 e. The zero-order valence-corrected chi connectivity index (χ0v) is 19.4. The van der Waals surface area contributed by atoms with Crippen molar-refractivity contribution >= 4 is 44.7 Å². The Hall–Kier alpha value is -3.49. The van der Waals surface area contributed by atoms with Gasteiger partial charge in [0.25, 0.3) is 5.91 Å². The van der Waals surface area contributed by atoms with E-state index in [1.807, 2.05) is 0 Å². The van der Waals surface area contributed by atoms with Crippen molar-refractivity contribution in [3.8, 4) is 5.75 Å². The molecule has 0 unspecified atom stereocenters.